The highest BCUT2D eigenvalue weighted by molar-refractivity contribution is 6.30. The van der Waals surface area contributed by atoms with E-state index in [1.165, 1.54) is 6.07 Å². The smallest absolute Gasteiger partial charge is 0.314 e. The Morgan fingerprint density at radius 3 is 2.60 bits per heavy atom. The van der Waals surface area contributed by atoms with Crippen molar-refractivity contribution in [2.45, 2.75) is 12.5 Å². The lowest BCUT2D eigenvalue weighted by atomic mass is 10.1. The first kappa shape index (κ1) is 16.2. The molecule has 110 valence electrons. The standard InChI is InChI=1S/C12H14ClFN2O4/c13-8-3-7(4-9(14)5-8)10(17)6-16-12(20)15-2-1-11(18)19/h3-5,10,17H,1-2,6H2,(H,18,19)(H2,15,16,20). The van der Waals surface area contributed by atoms with E-state index in [-0.39, 0.29) is 30.1 Å². The number of halogens is 2. The van der Waals surface area contributed by atoms with Crippen LogP contribution in [0.5, 0.6) is 0 Å². The normalized spacial score (nSPS) is 11.8. The Kier molecular flexibility index (Phi) is 6.20. The molecule has 0 aliphatic carbocycles. The summed E-state index contributed by atoms with van der Waals surface area (Å²) in [6.45, 7) is -0.179. The number of hydrogen-bond donors (Lipinski definition) is 4. The van der Waals surface area contributed by atoms with Crippen LogP contribution in [0.1, 0.15) is 18.1 Å². The lowest BCUT2D eigenvalue weighted by Crippen LogP contribution is -2.38. The van der Waals surface area contributed by atoms with Gasteiger partial charge < -0.3 is 20.8 Å². The van der Waals surface area contributed by atoms with Crippen molar-refractivity contribution in [3.8, 4) is 0 Å². The molecule has 1 rings (SSSR count). The van der Waals surface area contributed by atoms with E-state index < -0.39 is 23.9 Å². The highest BCUT2D eigenvalue weighted by Gasteiger charge is 2.11. The minimum absolute atomic E-state index is 0.0247. The summed E-state index contributed by atoms with van der Waals surface area (Å²) >= 11 is 5.65. The van der Waals surface area contributed by atoms with Crippen LogP contribution in [0, 0.1) is 5.82 Å². The third-order valence-corrected chi connectivity index (χ3v) is 2.57. The van der Waals surface area contributed by atoms with Crippen LogP contribution in [0.4, 0.5) is 9.18 Å². The minimum atomic E-state index is -1.12. The van der Waals surface area contributed by atoms with Crippen LogP contribution < -0.4 is 10.6 Å². The Bertz CT molecular complexity index is 478. The van der Waals surface area contributed by atoms with E-state index in [9.17, 15) is 19.1 Å². The molecule has 0 bridgehead atoms. The molecule has 0 saturated heterocycles. The van der Waals surface area contributed by atoms with Crippen molar-refractivity contribution < 1.29 is 24.2 Å². The average molecular weight is 305 g/mol. The summed E-state index contributed by atoms with van der Waals surface area (Å²) in [5.74, 6) is -1.61. The minimum Gasteiger partial charge on any atom is -0.481 e. The number of aliphatic carboxylic acids is 1. The molecule has 6 nitrogen and oxygen atoms in total. The summed E-state index contributed by atoms with van der Waals surface area (Å²) in [6, 6.07) is 2.98. The number of carboxylic acids is 1. The van der Waals surface area contributed by atoms with Gasteiger partial charge in [0, 0.05) is 18.1 Å². The number of nitrogens with one attached hydrogen (secondary N) is 2. The highest BCUT2D eigenvalue weighted by atomic mass is 35.5. The molecule has 0 fully saturated rings. The van der Waals surface area contributed by atoms with Crippen LogP contribution in [0.15, 0.2) is 18.2 Å². The zero-order valence-electron chi connectivity index (χ0n) is 10.4. The molecule has 0 heterocycles. The molecule has 1 aromatic rings. The zero-order chi connectivity index (χ0) is 15.1. The quantitative estimate of drug-likeness (QED) is 0.636. The van der Waals surface area contributed by atoms with Crippen LogP contribution in [0.25, 0.3) is 0 Å². The molecule has 8 heteroatoms. The molecule has 2 amide bonds. The van der Waals surface area contributed by atoms with Gasteiger partial charge in [0.05, 0.1) is 12.5 Å². The van der Waals surface area contributed by atoms with Gasteiger partial charge >= 0.3 is 12.0 Å². The van der Waals surface area contributed by atoms with Gasteiger partial charge in [-0.05, 0) is 23.8 Å². The summed E-state index contributed by atoms with van der Waals surface area (Å²) in [5, 5.41) is 22.9. The van der Waals surface area contributed by atoms with Crippen molar-refractivity contribution in [1.29, 1.82) is 0 Å². The van der Waals surface area contributed by atoms with Gasteiger partial charge in [-0.2, -0.15) is 0 Å². The predicted molar refractivity (Wildman–Crippen MR) is 70.0 cm³/mol. The number of aliphatic hydroxyl groups is 1. The van der Waals surface area contributed by atoms with Gasteiger partial charge in [-0.3, -0.25) is 4.79 Å². The molecule has 0 spiro atoms. The number of amides is 2. The monoisotopic (exact) mass is 304 g/mol. The zero-order valence-corrected chi connectivity index (χ0v) is 11.2. The largest absolute Gasteiger partial charge is 0.481 e. The number of hydrogen-bond acceptors (Lipinski definition) is 3. The number of carbonyl (C=O) groups excluding carboxylic acids is 1. The van der Waals surface area contributed by atoms with Crippen LogP contribution in [0.2, 0.25) is 5.02 Å². The van der Waals surface area contributed by atoms with Crippen molar-refractivity contribution in [2.75, 3.05) is 13.1 Å². The molecule has 0 saturated carbocycles. The second-order valence-corrected chi connectivity index (χ2v) is 4.44. The molecule has 0 radical (unpaired) electrons. The number of carboxylic acid groups (broad SMARTS) is 1. The Labute approximate surface area is 119 Å². The maximum absolute atomic E-state index is 13.1. The van der Waals surface area contributed by atoms with Crippen LogP contribution in [0.3, 0.4) is 0 Å². The Morgan fingerprint density at radius 1 is 1.30 bits per heavy atom. The Balaban J connectivity index is 2.40. The van der Waals surface area contributed by atoms with E-state index in [1.807, 2.05) is 0 Å². The van der Waals surface area contributed by atoms with Gasteiger partial charge in [0.25, 0.3) is 0 Å². The van der Waals surface area contributed by atoms with Gasteiger partial charge in [-0.15, -0.1) is 0 Å². The van der Waals surface area contributed by atoms with Crippen molar-refractivity contribution in [2.24, 2.45) is 0 Å². The molecule has 0 aliphatic rings. The van der Waals surface area contributed by atoms with Crippen LogP contribution in [-0.4, -0.2) is 35.3 Å². The maximum atomic E-state index is 13.1. The van der Waals surface area contributed by atoms with E-state index >= 15 is 0 Å². The van der Waals surface area contributed by atoms with Gasteiger partial charge in [-0.1, -0.05) is 11.6 Å². The van der Waals surface area contributed by atoms with E-state index in [1.54, 1.807) is 0 Å². The summed E-state index contributed by atoms with van der Waals surface area (Å²) in [4.78, 5) is 21.5. The molecule has 1 atom stereocenters. The third-order valence-electron chi connectivity index (χ3n) is 2.35. The summed E-state index contributed by atoms with van der Waals surface area (Å²) in [5.41, 5.74) is 0.237. The second kappa shape index (κ2) is 7.66. The summed E-state index contributed by atoms with van der Waals surface area (Å²) < 4.78 is 13.1. The molecule has 20 heavy (non-hydrogen) atoms. The lowest BCUT2D eigenvalue weighted by Gasteiger charge is -2.13. The lowest BCUT2D eigenvalue weighted by molar-refractivity contribution is -0.136. The second-order valence-electron chi connectivity index (χ2n) is 4.00. The summed E-state index contributed by atoms with van der Waals surface area (Å²) in [6.07, 6.45) is -1.32. The molecule has 0 aliphatic heterocycles. The molecule has 4 N–H and O–H groups in total. The molecule has 1 unspecified atom stereocenters. The van der Waals surface area contributed by atoms with Gasteiger partial charge in [0.15, 0.2) is 0 Å². The number of aliphatic hydroxyl groups excluding tert-OH is 1. The highest BCUT2D eigenvalue weighted by Crippen LogP contribution is 2.19. The summed E-state index contributed by atoms with van der Waals surface area (Å²) in [7, 11) is 0. The van der Waals surface area contributed by atoms with Crippen molar-refractivity contribution in [3.05, 3.63) is 34.6 Å². The fourth-order valence-electron chi connectivity index (χ4n) is 1.42. The Morgan fingerprint density at radius 2 is 2.00 bits per heavy atom. The maximum Gasteiger partial charge on any atom is 0.314 e. The van der Waals surface area contributed by atoms with E-state index in [0.717, 1.165) is 12.1 Å². The van der Waals surface area contributed by atoms with Gasteiger partial charge in [-0.25, -0.2) is 9.18 Å². The van der Waals surface area contributed by atoms with E-state index in [2.05, 4.69) is 10.6 Å². The predicted octanol–water partition coefficient (Wildman–Crippen LogP) is 1.29. The van der Waals surface area contributed by atoms with Crippen molar-refractivity contribution in [1.82, 2.24) is 10.6 Å². The number of carbonyl (C=O) groups is 2. The number of urea groups is 1. The molecule has 0 aromatic heterocycles. The molecular weight excluding hydrogens is 291 g/mol. The molecular formula is C12H14ClFN2O4. The van der Waals surface area contributed by atoms with Gasteiger partial charge in [0.1, 0.15) is 5.82 Å². The fourth-order valence-corrected chi connectivity index (χ4v) is 1.65. The topological polar surface area (TPSA) is 98.7 Å². The van der Waals surface area contributed by atoms with Crippen molar-refractivity contribution in [3.63, 3.8) is 0 Å². The third kappa shape index (κ3) is 5.85. The van der Waals surface area contributed by atoms with Crippen molar-refractivity contribution >= 4 is 23.6 Å². The van der Waals surface area contributed by atoms with Crippen LogP contribution >= 0.6 is 11.6 Å². The fraction of sp³-hybridized carbons (Fsp3) is 0.333. The van der Waals surface area contributed by atoms with E-state index in [4.69, 9.17) is 16.7 Å². The van der Waals surface area contributed by atoms with Gasteiger partial charge in [0.2, 0.25) is 0 Å². The molecule has 1 aromatic carbocycles. The number of rotatable bonds is 6. The number of benzene rings is 1. The first-order chi connectivity index (χ1) is 9.38. The average Bonchev–Trinajstić information content (AvgIpc) is 2.34. The Hall–Kier alpha value is -1.86. The van der Waals surface area contributed by atoms with E-state index in [0.29, 0.717) is 0 Å². The first-order valence-corrected chi connectivity index (χ1v) is 6.14. The SMILES string of the molecule is O=C(O)CCNC(=O)NCC(O)c1cc(F)cc(Cl)c1. The van der Waals surface area contributed by atoms with Crippen LogP contribution in [-0.2, 0) is 4.79 Å². The first-order valence-electron chi connectivity index (χ1n) is 5.76.